The van der Waals surface area contributed by atoms with Gasteiger partial charge in [-0.25, -0.2) is 8.42 Å². The van der Waals surface area contributed by atoms with Gasteiger partial charge in [0.15, 0.2) is 0 Å². The molecule has 0 saturated heterocycles. The molecule has 0 unspecified atom stereocenters. The molecule has 1 aromatic rings. The van der Waals surface area contributed by atoms with E-state index in [2.05, 4.69) is 9.51 Å². The highest BCUT2D eigenvalue weighted by atomic mass is 32.2. The average Bonchev–Trinajstić information content (AvgIpc) is 2.44. The van der Waals surface area contributed by atoms with E-state index in [1.54, 1.807) is 12.1 Å². The molecule has 0 saturated carbocycles. The molecule has 0 bridgehead atoms. The van der Waals surface area contributed by atoms with Crippen molar-refractivity contribution < 1.29 is 18.0 Å². The zero-order valence-electron chi connectivity index (χ0n) is 11.8. The molecule has 6 nitrogen and oxygen atoms in total. The van der Waals surface area contributed by atoms with Crippen LogP contribution in [0.1, 0.15) is 12.0 Å². The quantitative estimate of drug-likeness (QED) is 0.441. The standard InChI is InChI=1S/C13H17N3O3S2/c1-10-3-5-11(6-4-10)21(18,19)16-12(7-8-20-2)13(17)9-15-14/h3-6,9,12,16H,7-8H2,1-2H3/t12-/m0/s1. The molecule has 1 rings (SSSR count). The Bertz CT molecular complexity index is 635. The normalized spacial score (nSPS) is 12.5. The number of hydrogen-bond acceptors (Lipinski definition) is 4. The highest BCUT2D eigenvalue weighted by molar-refractivity contribution is 7.98. The molecular weight excluding hydrogens is 310 g/mol. The van der Waals surface area contributed by atoms with E-state index in [0.29, 0.717) is 18.4 Å². The number of thioether (sulfide) groups is 1. The Labute approximate surface area is 128 Å². The van der Waals surface area contributed by atoms with Crippen molar-refractivity contribution in [3.63, 3.8) is 0 Å². The molecule has 0 heterocycles. The Morgan fingerprint density at radius 3 is 2.57 bits per heavy atom. The van der Waals surface area contributed by atoms with Crippen molar-refractivity contribution in [2.75, 3.05) is 12.0 Å². The molecule has 114 valence electrons. The van der Waals surface area contributed by atoms with Crippen LogP contribution in [0.5, 0.6) is 0 Å². The first kappa shape index (κ1) is 17.6. The first-order valence-corrected chi connectivity index (χ1v) is 9.07. The monoisotopic (exact) mass is 327 g/mol. The lowest BCUT2D eigenvalue weighted by Crippen LogP contribution is -2.41. The smallest absolute Gasteiger partial charge is 0.324 e. The molecule has 0 spiro atoms. The number of hydrogen-bond donors (Lipinski definition) is 1. The molecule has 0 aliphatic heterocycles. The first-order valence-electron chi connectivity index (χ1n) is 6.20. The Morgan fingerprint density at radius 1 is 1.43 bits per heavy atom. The summed E-state index contributed by atoms with van der Waals surface area (Å²) < 4.78 is 26.9. The highest BCUT2D eigenvalue weighted by Crippen LogP contribution is 2.12. The third kappa shape index (κ3) is 5.43. The maximum atomic E-state index is 12.2. The van der Waals surface area contributed by atoms with E-state index in [4.69, 9.17) is 5.53 Å². The fourth-order valence-corrected chi connectivity index (χ4v) is 3.33. The van der Waals surface area contributed by atoms with E-state index in [-0.39, 0.29) is 4.90 Å². The van der Waals surface area contributed by atoms with E-state index >= 15 is 0 Å². The second-order valence-electron chi connectivity index (χ2n) is 4.42. The van der Waals surface area contributed by atoms with Crippen molar-refractivity contribution in [1.29, 1.82) is 0 Å². The molecule has 0 fully saturated rings. The lowest BCUT2D eigenvalue weighted by molar-refractivity contribution is -0.117. The SMILES string of the molecule is CSCC[C@H](NS(=O)(=O)c1ccc(C)cc1)C(=O)C=[N+]=[N-]. The van der Waals surface area contributed by atoms with Gasteiger partial charge < -0.3 is 5.53 Å². The summed E-state index contributed by atoms with van der Waals surface area (Å²) in [6.07, 6.45) is 2.88. The lowest BCUT2D eigenvalue weighted by atomic mass is 10.2. The van der Waals surface area contributed by atoms with Gasteiger partial charge >= 0.3 is 6.21 Å². The summed E-state index contributed by atoms with van der Waals surface area (Å²) in [6.45, 7) is 1.85. The molecule has 0 aromatic heterocycles. The van der Waals surface area contributed by atoms with Crippen LogP contribution >= 0.6 is 11.8 Å². The van der Waals surface area contributed by atoms with Gasteiger partial charge in [-0.1, -0.05) is 17.7 Å². The van der Waals surface area contributed by atoms with Gasteiger partial charge in [0.25, 0.3) is 5.78 Å². The summed E-state index contributed by atoms with van der Waals surface area (Å²) >= 11 is 1.50. The number of carbonyl (C=O) groups is 1. The molecule has 1 aromatic carbocycles. The predicted molar refractivity (Wildman–Crippen MR) is 83.0 cm³/mol. The molecule has 21 heavy (non-hydrogen) atoms. The van der Waals surface area contributed by atoms with Crippen LogP contribution in [-0.4, -0.2) is 43.3 Å². The number of Topliss-reactive ketones (excluding diaryl/α,β-unsaturated/α-hetero) is 1. The second kappa shape index (κ2) is 8.09. The minimum atomic E-state index is -3.79. The van der Waals surface area contributed by atoms with Gasteiger partial charge in [-0.3, -0.25) is 4.79 Å². The van der Waals surface area contributed by atoms with Crippen molar-refractivity contribution in [2.24, 2.45) is 0 Å². The van der Waals surface area contributed by atoms with Gasteiger partial charge in [0.05, 0.1) is 10.9 Å². The van der Waals surface area contributed by atoms with E-state index in [1.165, 1.54) is 23.9 Å². The molecule has 0 radical (unpaired) electrons. The number of ketones is 1. The van der Waals surface area contributed by atoms with Crippen LogP contribution in [0.15, 0.2) is 29.2 Å². The van der Waals surface area contributed by atoms with E-state index in [9.17, 15) is 13.2 Å². The number of carbonyl (C=O) groups excluding carboxylic acids is 1. The van der Waals surface area contributed by atoms with E-state index in [1.807, 2.05) is 13.2 Å². The van der Waals surface area contributed by atoms with Gasteiger partial charge in [-0.2, -0.15) is 21.3 Å². The maximum absolute atomic E-state index is 12.2. The largest absolute Gasteiger partial charge is 0.361 e. The Balaban J connectivity index is 2.97. The molecule has 8 heteroatoms. The summed E-state index contributed by atoms with van der Waals surface area (Å²) in [5.74, 6) is 0.0220. The van der Waals surface area contributed by atoms with Crippen LogP contribution in [0.25, 0.3) is 5.53 Å². The number of aryl methyl sites for hydroxylation is 1. The van der Waals surface area contributed by atoms with Gasteiger partial charge in [0.2, 0.25) is 10.0 Å². The summed E-state index contributed by atoms with van der Waals surface area (Å²) in [5, 5.41) is 0. The van der Waals surface area contributed by atoms with Crippen molar-refractivity contribution in [3.8, 4) is 0 Å². The van der Waals surface area contributed by atoms with Crippen LogP contribution in [0, 0.1) is 6.92 Å². The lowest BCUT2D eigenvalue weighted by Gasteiger charge is -2.14. The van der Waals surface area contributed by atoms with Crippen molar-refractivity contribution >= 4 is 33.8 Å². The Kier molecular flexibility index (Phi) is 6.77. The Morgan fingerprint density at radius 2 is 2.05 bits per heavy atom. The zero-order chi connectivity index (χ0) is 15.9. The summed E-state index contributed by atoms with van der Waals surface area (Å²) in [7, 11) is -3.79. The zero-order valence-corrected chi connectivity index (χ0v) is 13.4. The molecule has 1 N–H and O–H groups in total. The number of benzene rings is 1. The van der Waals surface area contributed by atoms with Crippen molar-refractivity contribution in [3.05, 3.63) is 35.4 Å². The van der Waals surface area contributed by atoms with E-state index < -0.39 is 21.8 Å². The maximum Gasteiger partial charge on any atom is 0.324 e. The van der Waals surface area contributed by atoms with Crippen LogP contribution < -0.4 is 4.72 Å². The average molecular weight is 327 g/mol. The van der Waals surface area contributed by atoms with Gasteiger partial charge in [0, 0.05) is 0 Å². The van der Waals surface area contributed by atoms with E-state index in [0.717, 1.165) is 5.56 Å². The summed E-state index contributed by atoms with van der Waals surface area (Å²) in [5.41, 5.74) is 9.36. The topological polar surface area (TPSA) is 99.6 Å². The van der Waals surface area contributed by atoms with Crippen LogP contribution in [0.4, 0.5) is 0 Å². The fourth-order valence-electron chi connectivity index (χ4n) is 1.61. The molecular formula is C13H17N3O3S2. The summed E-state index contributed by atoms with van der Waals surface area (Å²) in [6, 6.07) is 5.38. The fraction of sp³-hybridized carbons (Fsp3) is 0.385. The summed E-state index contributed by atoms with van der Waals surface area (Å²) in [4.78, 5) is 14.5. The number of rotatable bonds is 8. The molecule has 0 aliphatic rings. The first-order chi connectivity index (χ1) is 9.90. The van der Waals surface area contributed by atoms with Crippen LogP contribution in [0.3, 0.4) is 0 Å². The third-order valence-corrected chi connectivity index (χ3v) is 4.90. The van der Waals surface area contributed by atoms with Gasteiger partial charge in [0.1, 0.15) is 0 Å². The van der Waals surface area contributed by atoms with Crippen LogP contribution in [-0.2, 0) is 14.8 Å². The predicted octanol–water partition coefficient (Wildman–Crippen LogP) is 1.26. The minimum Gasteiger partial charge on any atom is -0.361 e. The Hall–Kier alpha value is -1.47. The highest BCUT2D eigenvalue weighted by Gasteiger charge is 2.26. The third-order valence-electron chi connectivity index (χ3n) is 2.77. The van der Waals surface area contributed by atoms with Gasteiger partial charge in [-0.15, -0.1) is 0 Å². The minimum absolute atomic E-state index is 0.0935. The number of nitrogens with one attached hydrogen (secondary N) is 1. The van der Waals surface area contributed by atoms with Crippen LogP contribution in [0.2, 0.25) is 0 Å². The molecule has 1 atom stereocenters. The number of sulfonamides is 1. The second-order valence-corrected chi connectivity index (χ2v) is 7.11. The molecule has 0 amide bonds. The number of nitrogens with zero attached hydrogens (tertiary/aromatic N) is 2. The van der Waals surface area contributed by atoms with Gasteiger partial charge in [-0.05, 0) is 37.5 Å². The molecule has 0 aliphatic carbocycles. The van der Waals surface area contributed by atoms with Crippen molar-refractivity contribution in [1.82, 2.24) is 4.72 Å². The van der Waals surface area contributed by atoms with Crippen molar-refractivity contribution in [2.45, 2.75) is 24.3 Å².